The van der Waals surface area contributed by atoms with Crippen LogP contribution in [-0.2, 0) is 0 Å². The molecule has 180 valence electrons. The molecule has 0 aromatic carbocycles. The van der Waals surface area contributed by atoms with Crippen LogP contribution in [0.2, 0.25) is 0 Å². The predicted octanol–water partition coefficient (Wildman–Crippen LogP) is 9.91. The summed E-state index contributed by atoms with van der Waals surface area (Å²) in [5.41, 5.74) is 1.95. The Morgan fingerprint density at radius 3 is 1.10 bits per heavy atom. The Kier molecular flexibility index (Phi) is 17.2. The van der Waals surface area contributed by atoms with Gasteiger partial charge in [0.05, 0.1) is 6.10 Å². The summed E-state index contributed by atoms with van der Waals surface area (Å²) in [7, 11) is 0. The van der Waals surface area contributed by atoms with Crippen molar-refractivity contribution in [2.24, 2.45) is 27.6 Å². The van der Waals surface area contributed by atoms with Crippen LogP contribution in [0.15, 0.2) is 0 Å². The lowest BCUT2D eigenvalue weighted by Gasteiger charge is -2.19. The predicted molar refractivity (Wildman–Crippen MR) is 137 cm³/mol. The highest BCUT2D eigenvalue weighted by atomic mass is 16.3. The molecule has 0 aromatic heterocycles. The molecule has 0 bridgehead atoms. The maximum Gasteiger partial charge on any atom is 0.0517 e. The molecule has 0 aliphatic heterocycles. The van der Waals surface area contributed by atoms with Crippen molar-refractivity contribution >= 4 is 0 Å². The molecular formula is C28H62O. The zero-order valence-corrected chi connectivity index (χ0v) is 23.6. The minimum Gasteiger partial charge on any atom is -0.393 e. The molecule has 0 aromatic rings. The summed E-state index contributed by atoms with van der Waals surface area (Å²) >= 11 is 0. The summed E-state index contributed by atoms with van der Waals surface area (Å²) in [5.74, 6) is 1.09. The van der Waals surface area contributed by atoms with Gasteiger partial charge in [0.2, 0.25) is 0 Å². The molecule has 0 radical (unpaired) electrons. The van der Waals surface area contributed by atoms with Crippen molar-refractivity contribution in [3.05, 3.63) is 0 Å². The lowest BCUT2D eigenvalue weighted by molar-refractivity contribution is 0.138. The summed E-state index contributed by atoms with van der Waals surface area (Å²) in [6, 6.07) is 0. The lowest BCUT2D eigenvalue weighted by atomic mass is 9.90. The van der Waals surface area contributed by atoms with Gasteiger partial charge in [-0.2, -0.15) is 0 Å². The average Bonchev–Trinajstić information content (AvgIpc) is 3.17. The number of hydrogen-bond donors (Lipinski definition) is 1. The van der Waals surface area contributed by atoms with Crippen molar-refractivity contribution in [3.63, 3.8) is 0 Å². The number of aliphatic hydroxyl groups excluding tert-OH is 1. The first kappa shape index (κ1) is 33.6. The number of aliphatic hydroxyl groups is 1. The molecule has 1 atom stereocenters. The molecule has 0 spiro atoms. The van der Waals surface area contributed by atoms with E-state index in [1.807, 2.05) is 6.92 Å². The van der Waals surface area contributed by atoms with E-state index < -0.39 is 0 Å². The zero-order valence-electron chi connectivity index (χ0n) is 23.6. The van der Waals surface area contributed by atoms with Gasteiger partial charge in [-0.05, 0) is 53.8 Å². The van der Waals surface area contributed by atoms with Crippen LogP contribution in [0.25, 0.3) is 0 Å². The van der Waals surface area contributed by atoms with Crippen molar-refractivity contribution in [1.29, 1.82) is 0 Å². The number of rotatable bonds is 3. The normalized spacial score (nSPS) is 15.7. The van der Waals surface area contributed by atoms with Gasteiger partial charge in [0.15, 0.2) is 0 Å². The van der Waals surface area contributed by atoms with E-state index in [0.717, 1.165) is 12.3 Å². The van der Waals surface area contributed by atoms with E-state index in [4.69, 9.17) is 5.11 Å². The zero-order chi connectivity index (χ0) is 24.1. The van der Waals surface area contributed by atoms with Crippen molar-refractivity contribution in [1.82, 2.24) is 0 Å². The van der Waals surface area contributed by atoms with E-state index in [2.05, 4.69) is 96.9 Å². The molecule has 1 fully saturated rings. The van der Waals surface area contributed by atoms with Crippen LogP contribution in [0.5, 0.6) is 0 Å². The Morgan fingerprint density at radius 1 is 0.690 bits per heavy atom. The van der Waals surface area contributed by atoms with Crippen LogP contribution >= 0.6 is 0 Å². The standard InChI is InChI=1S/C8H16.C7H16O.C7H16.C6H14/c1-8(2,3)6-7-4-5-7;1-6(8)5-7(2,3)4;1-5-6-7(2,3)4;1-5-6(2,3)4/h7H,4-6H2,1-3H3;6,8H,5H2,1-4H3;5-6H2,1-4H3;5H2,1-4H3. The van der Waals surface area contributed by atoms with Gasteiger partial charge in [0.25, 0.3) is 0 Å². The minimum absolute atomic E-state index is 0.157. The van der Waals surface area contributed by atoms with Gasteiger partial charge in [-0.25, -0.2) is 0 Å². The van der Waals surface area contributed by atoms with Crippen molar-refractivity contribution < 1.29 is 5.11 Å². The second kappa shape index (κ2) is 14.9. The van der Waals surface area contributed by atoms with E-state index in [9.17, 15) is 0 Å². The van der Waals surface area contributed by atoms with Crippen molar-refractivity contribution in [2.45, 2.75) is 155 Å². The molecule has 1 nitrogen and oxygen atoms in total. The van der Waals surface area contributed by atoms with Gasteiger partial charge in [-0.15, -0.1) is 0 Å². The highest BCUT2D eigenvalue weighted by Gasteiger charge is 2.26. The molecule has 1 heteroatoms. The summed E-state index contributed by atoms with van der Waals surface area (Å²) < 4.78 is 0. The van der Waals surface area contributed by atoms with Crippen LogP contribution in [0, 0.1) is 27.6 Å². The van der Waals surface area contributed by atoms with Crippen molar-refractivity contribution in [3.8, 4) is 0 Å². The van der Waals surface area contributed by atoms with Crippen LogP contribution in [0.4, 0.5) is 0 Å². The van der Waals surface area contributed by atoms with Gasteiger partial charge in [0.1, 0.15) is 0 Å². The van der Waals surface area contributed by atoms with Crippen LogP contribution in [0.1, 0.15) is 149 Å². The summed E-state index contributed by atoms with van der Waals surface area (Å²) in [5, 5.41) is 8.89. The molecule has 1 rings (SSSR count). The maximum absolute atomic E-state index is 8.89. The fraction of sp³-hybridized carbons (Fsp3) is 1.00. The van der Waals surface area contributed by atoms with E-state index in [-0.39, 0.29) is 11.5 Å². The molecule has 0 amide bonds. The monoisotopic (exact) mass is 414 g/mol. The van der Waals surface area contributed by atoms with Crippen molar-refractivity contribution in [2.75, 3.05) is 0 Å². The van der Waals surface area contributed by atoms with Gasteiger partial charge in [0, 0.05) is 0 Å². The highest BCUT2D eigenvalue weighted by Crippen LogP contribution is 2.39. The molecule has 29 heavy (non-hydrogen) atoms. The second-order valence-corrected chi connectivity index (χ2v) is 14.0. The summed E-state index contributed by atoms with van der Waals surface area (Å²) in [6.45, 7) is 33.2. The molecule has 1 N–H and O–H groups in total. The highest BCUT2D eigenvalue weighted by molar-refractivity contribution is 4.78. The summed E-state index contributed by atoms with van der Waals surface area (Å²) in [4.78, 5) is 0. The van der Waals surface area contributed by atoms with Crippen LogP contribution < -0.4 is 0 Å². The SMILES string of the molecule is CC(C)(C)CC1CC1.CC(O)CC(C)(C)C.CCC(C)(C)C.CCCC(C)(C)C. The molecule has 0 heterocycles. The fourth-order valence-electron chi connectivity index (χ4n) is 2.82. The van der Waals surface area contributed by atoms with E-state index in [0.29, 0.717) is 16.2 Å². The summed E-state index contributed by atoms with van der Waals surface area (Å²) in [6.07, 6.45) is 9.08. The third kappa shape index (κ3) is 47.3. The quantitative estimate of drug-likeness (QED) is 0.487. The smallest absolute Gasteiger partial charge is 0.0517 e. The molecular weight excluding hydrogens is 352 g/mol. The topological polar surface area (TPSA) is 20.2 Å². The van der Waals surface area contributed by atoms with E-state index >= 15 is 0 Å². The fourth-order valence-corrected chi connectivity index (χ4v) is 2.82. The molecule has 0 saturated heterocycles. The molecule has 1 aliphatic rings. The van der Waals surface area contributed by atoms with Crippen LogP contribution in [0.3, 0.4) is 0 Å². The van der Waals surface area contributed by atoms with Gasteiger partial charge < -0.3 is 5.11 Å². The Bertz CT molecular complexity index is 334. The molecule has 1 unspecified atom stereocenters. The molecule has 1 saturated carbocycles. The number of hydrogen-bond acceptors (Lipinski definition) is 1. The first-order valence-electron chi connectivity index (χ1n) is 12.3. The Balaban J connectivity index is -0.000000313. The Morgan fingerprint density at radius 2 is 1.07 bits per heavy atom. The van der Waals surface area contributed by atoms with Gasteiger partial charge >= 0.3 is 0 Å². The largest absolute Gasteiger partial charge is 0.393 e. The van der Waals surface area contributed by atoms with Gasteiger partial charge in [-0.3, -0.25) is 0 Å². The Hall–Kier alpha value is -0.0400. The third-order valence-electron chi connectivity index (χ3n) is 4.57. The third-order valence-corrected chi connectivity index (χ3v) is 4.57. The molecule has 1 aliphatic carbocycles. The Labute approximate surface area is 187 Å². The van der Waals surface area contributed by atoms with E-state index in [1.54, 1.807) is 0 Å². The first-order chi connectivity index (χ1) is 12.6. The average molecular weight is 415 g/mol. The second-order valence-electron chi connectivity index (χ2n) is 14.0. The first-order valence-corrected chi connectivity index (χ1v) is 12.3. The van der Waals surface area contributed by atoms with E-state index in [1.165, 1.54) is 38.5 Å². The maximum atomic E-state index is 8.89. The van der Waals surface area contributed by atoms with Crippen LogP contribution in [-0.4, -0.2) is 11.2 Å². The van der Waals surface area contributed by atoms with Gasteiger partial charge in [-0.1, -0.05) is 123 Å². The lowest BCUT2D eigenvalue weighted by Crippen LogP contribution is -2.13. The minimum atomic E-state index is -0.157.